The van der Waals surface area contributed by atoms with Gasteiger partial charge >= 0.3 is 0 Å². The van der Waals surface area contributed by atoms with Crippen LogP contribution in [-0.4, -0.2) is 39.1 Å². The average molecular weight is 355 g/mol. The minimum Gasteiger partial charge on any atom is -0.383 e. The Morgan fingerprint density at radius 3 is 2.77 bits per heavy atom. The fourth-order valence-electron chi connectivity index (χ4n) is 3.52. The number of aryl methyl sites for hydroxylation is 2. The van der Waals surface area contributed by atoms with Crippen molar-refractivity contribution >= 4 is 17.0 Å². The number of benzene rings is 1. The molecule has 0 bridgehead atoms. The van der Waals surface area contributed by atoms with Crippen molar-refractivity contribution in [3.05, 3.63) is 58.7 Å². The molecule has 0 aliphatic carbocycles. The summed E-state index contributed by atoms with van der Waals surface area (Å²) in [7, 11) is 0. The molecule has 2 aromatic heterocycles. The van der Waals surface area contributed by atoms with E-state index >= 15 is 0 Å². The summed E-state index contributed by atoms with van der Waals surface area (Å²) in [5.41, 5.74) is 1.47. The predicted octanol–water partition coefficient (Wildman–Crippen LogP) is 2.71. The first-order valence-corrected chi connectivity index (χ1v) is 8.39. The molecule has 1 amide bonds. The monoisotopic (exact) mass is 355 g/mol. The lowest BCUT2D eigenvalue weighted by molar-refractivity contribution is 0.0417. The molecule has 0 radical (unpaired) electrons. The van der Waals surface area contributed by atoms with E-state index in [1.54, 1.807) is 36.9 Å². The van der Waals surface area contributed by atoms with Gasteiger partial charge in [0.15, 0.2) is 0 Å². The van der Waals surface area contributed by atoms with E-state index in [0.29, 0.717) is 46.6 Å². The number of fused-ring (bicyclic) bond motifs is 1. The molecule has 1 aliphatic heterocycles. The van der Waals surface area contributed by atoms with E-state index in [0.717, 1.165) is 0 Å². The molecule has 0 spiro atoms. The van der Waals surface area contributed by atoms with Gasteiger partial charge in [-0.2, -0.15) is 0 Å². The number of rotatable bonds is 2. The Bertz CT molecular complexity index is 999. The molecule has 4 rings (SSSR count). The molecule has 6 nitrogen and oxygen atoms in total. The molecule has 3 heterocycles. The van der Waals surface area contributed by atoms with Gasteiger partial charge in [0.2, 0.25) is 0 Å². The van der Waals surface area contributed by atoms with Gasteiger partial charge in [-0.05, 0) is 44.0 Å². The molecule has 1 saturated heterocycles. The van der Waals surface area contributed by atoms with Crippen LogP contribution in [-0.2, 0) is 5.60 Å². The van der Waals surface area contributed by atoms with E-state index in [1.807, 2.05) is 0 Å². The highest BCUT2D eigenvalue weighted by Gasteiger charge is 2.40. The standard InChI is InChI=1S/C19H18FN3O3/c1-11-9-15(16-12(2)22-26-17(16)21-11)18(24)23-8-7-19(25,10-23)13-3-5-14(20)6-4-13/h3-6,9,25H,7-8,10H2,1-2H3. The van der Waals surface area contributed by atoms with Gasteiger partial charge in [-0.25, -0.2) is 9.37 Å². The van der Waals surface area contributed by atoms with Gasteiger partial charge in [0.1, 0.15) is 11.4 Å². The van der Waals surface area contributed by atoms with Crippen LogP contribution in [0.4, 0.5) is 4.39 Å². The second-order valence-corrected chi connectivity index (χ2v) is 6.77. The summed E-state index contributed by atoms with van der Waals surface area (Å²) in [5, 5.41) is 15.4. The summed E-state index contributed by atoms with van der Waals surface area (Å²) in [6.45, 7) is 4.09. The number of carbonyl (C=O) groups is 1. The Hall–Kier alpha value is -2.80. The number of aliphatic hydroxyl groups is 1. The lowest BCUT2D eigenvalue weighted by Crippen LogP contribution is -2.34. The van der Waals surface area contributed by atoms with Crippen LogP contribution in [0.1, 0.15) is 33.7 Å². The van der Waals surface area contributed by atoms with Crippen molar-refractivity contribution in [1.82, 2.24) is 15.0 Å². The lowest BCUT2D eigenvalue weighted by Gasteiger charge is -2.24. The van der Waals surface area contributed by atoms with Crippen LogP contribution >= 0.6 is 0 Å². The summed E-state index contributed by atoms with van der Waals surface area (Å²) in [6.07, 6.45) is 0.389. The Morgan fingerprint density at radius 1 is 1.31 bits per heavy atom. The van der Waals surface area contributed by atoms with Crippen molar-refractivity contribution in [2.24, 2.45) is 0 Å². The normalized spacial score (nSPS) is 20.1. The number of hydrogen-bond acceptors (Lipinski definition) is 5. The molecule has 26 heavy (non-hydrogen) atoms. The van der Waals surface area contributed by atoms with Gasteiger partial charge in [0, 0.05) is 12.2 Å². The van der Waals surface area contributed by atoms with Crippen LogP contribution < -0.4 is 0 Å². The zero-order valence-electron chi connectivity index (χ0n) is 14.5. The van der Waals surface area contributed by atoms with Crippen LogP contribution in [0, 0.1) is 19.7 Å². The van der Waals surface area contributed by atoms with Crippen molar-refractivity contribution in [1.29, 1.82) is 0 Å². The number of hydrogen-bond donors (Lipinski definition) is 1. The van der Waals surface area contributed by atoms with Gasteiger partial charge in [0.25, 0.3) is 11.6 Å². The van der Waals surface area contributed by atoms with Crippen molar-refractivity contribution in [2.75, 3.05) is 13.1 Å². The van der Waals surface area contributed by atoms with Crippen molar-refractivity contribution in [3.63, 3.8) is 0 Å². The van der Waals surface area contributed by atoms with Crippen LogP contribution in [0.2, 0.25) is 0 Å². The van der Waals surface area contributed by atoms with Crippen LogP contribution in [0.25, 0.3) is 11.1 Å². The van der Waals surface area contributed by atoms with Gasteiger partial charge in [-0.3, -0.25) is 4.79 Å². The van der Waals surface area contributed by atoms with Gasteiger partial charge in [-0.15, -0.1) is 0 Å². The van der Waals surface area contributed by atoms with Gasteiger partial charge in [0.05, 0.1) is 23.2 Å². The molecule has 1 unspecified atom stereocenters. The minimum atomic E-state index is -1.19. The van der Waals surface area contributed by atoms with E-state index < -0.39 is 5.60 Å². The Labute approximate surface area is 149 Å². The lowest BCUT2D eigenvalue weighted by atomic mass is 9.93. The molecule has 7 heteroatoms. The molecule has 1 fully saturated rings. The molecule has 1 atom stereocenters. The SMILES string of the molecule is Cc1cc(C(=O)N2CCC(O)(c3ccc(F)cc3)C2)c2c(C)noc2n1. The highest BCUT2D eigenvalue weighted by Crippen LogP contribution is 2.34. The van der Waals surface area contributed by atoms with Crippen LogP contribution in [0.3, 0.4) is 0 Å². The summed E-state index contributed by atoms with van der Waals surface area (Å²) >= 11 is 0. The second-order valence-electron chi connectivity index (χ2n) is 6.77. The third-order valence-corrected chi connectivity index (χ3v) is 4.89. The zero-order valence-corrected chi connectivity index (χ0v) is 14.5. The third-order valence-electron chi connectivity index (χ3n) is 4.89. The third kappa shape index (κ3) is 2.64. The number of nitrogens with zero attached hydrogens (tertiary/aromatic N) is 3. The fraction of sp³-hybridized carbons (Fsp3) is 0.316. The van der Waals surface area contributed by atoms with Crippen molar-refractivity contribution in [3.8, 4) is 0 Å². The van der Waals surface area contributed by atoms with E-state index in [2.05, 4.69) is 10.1 Å². The largest absolute Gasteiger partial charge is 0.383 e. The van der Waals surface area contributed by atoms with E-state index in [4.69, 9.17) is 4.52 Å². The maximum Gasteiger partial charge on any atom is 0.258 e. The van der Waals surface area contributed by atoms with E-state index in [9.17, 15) is 14.3 Å². The molecule has 134 valence electrons. The summed E-state index contributed by atoms with van der Waals surface area (Å²) in [5.74, 6) is -0.564. The van der Waals surface area contributed by atoms with Gasteiger partial charge < -0.3 is 14.5 Å². The Morgan fingerprint density at radius 2 is 2.04 bits per heavy atom. The number of carbonyl (C=O) groups excluding carboxylic acids is 1. The zero-order chi connectivity index (χ0) is 18.5. The number of likely N-dealkylation sites (tertiary alicyclic amines) is 1. The average Bonchev–Trinajstić information content (AvgIpc) is 3.18. The molecule has 1 aromatic carbocycles. The smallest absolute Gasteiger partial charge is 0.258 e. The first-order valence-electron chi connectivity index (χ1n) is 8.39. The quantitative estimate of drug-likeness (QED) is 0.765. The molecule has 1 aliphatic rings. The minimum absolute atomic E-state index is 0.144. The van der Waals surface area contributed by atoms with E-state index in [-0.39, 0.29) is 18.3 Å². The first-order chi connectivity index (χ1) is 12.4. The summed E-state index contributed by atoms with van der Waals surface area (Å²) in [4.78, 5) is 19.0. The highest BCUT2D eigenvalue weighted by atomic mass is 19.1. The molecule has 3 aromatic rings. The van der Waals surface area contributed by atoms with Crippen molar-refractivity contribution in [2.45, 2.75) is 25.9 Å². The van der Waals surface area contributed by atoms with E-state index in [1.165, 1.54) is 12.1 Å². The Balaban J connectivity index is 1.66. The van der Waals surface area contributed by atoms with Crippen molar-refractivity contribution < 1.29 is 18.8 Å². The maximum atomic E-state index is 13.2. The number of pyridine rings is 1. The first kappa shape index (κ1) is 16.7. The molecular weight excluding hydrogens is 337 g/mol. The summed E-state index contributed by atoms with van der Waals surface area (Å²) in [6, 6.07) is 7.46. The number of halogens is 1. The Kier molecular flexibility index (Phi) is 3.77. The molecule has 0 saturated carbocycles. The van der Waals surface area contributed by atoms with Crippen LogP contribution in [0.5, 0.6) is 0 Å². The highest BCUT2D eigenvalue weighted by molar-refractivity contribution is 6.06. The fourth-order valence-corrected chi connectivity index (χ4v) is 3.52. The predicted molar refractivity (Wildman–Crippen MR) is 92.1 cm³/mol. The summed E-state index contributed by atoms with van der Waals surface area (Å²) < 4.78 is 18.3. The molecular formula is C19H18FN3O3. The van der Waals surface area contributed by atoms with Crippen LogP contribution in [0.15, 0.2) is 34.9 Å². The van der Waals surface area contributed by atoms with Gasteiger partial charge in [-0.1, -0.05) is 17.3 Å². The number of β-amino-alcohol motifs (C(OH)–C–C–N with tert-alkyl or cyclic N) is 1. The maximum absolute atomic E-state index is 13.2. The number of amides is 1. The number of aromatic nitrogens is 2. The molecule has 1 N–H and O–H groups in total. The topological polar surface area (TPSA) is 79.5 Å². The second kappa shape index (κ2) is 5.88.